The van der Waals surface area contributed by atoms with Crippen molar-refractivity contribution >= 4 is 89.9 Å². The van der Waals surface area contributed by atoms with Gasteiger partial charge in [-0.2, -0.15) is 5.26 Å². The van der Waals surface area contributed by atoms with E-state index in [2.05, 4.69) is 53.1 Å². The number of benzene rings is 4. The molecule has 204 valence electrons. The van der Waals surface area contributed by atoms with Crippen LogP contribution < -0.4 is 21.3 Å². The molecule has 4 aromatic carbocycles. The largest absolute Gasteiger partial charge is 0.504 e. The van der Waals surface area contributed by atoms with Gasteiger partial charge in [0.15, 0.2) is 11.5 Å². The first kappa shape index (κ1) is 30.6. The van der Waals surface area contributed by atoms with E-state index in [0.29, 0.717) is 11.4 Å². The van der Waals surface area contributed by atoms with Gasteiger partial charge in [-0.3, -0.25) is 0 Å². The number of para-hydroxylation sites is 3. The standard InChI is InChI=1S/C14H10BrN3O2.C13H9BrCl2N2O2/c15-10-5-1-2-6-11(10)17-14(20)18-12-7-3-4-9(8-16)13(12)19;14-7-3-1-2-4-9(7)17-13(20)18-10-6-5-8(15)11(16)12(10)19/h1-7,19H,(H2,17,18,20);1-6,19H,(H2,17,18,20). The molecule has 0 saturated heterocycles. The highest BCUT2D eigenvalue weighted by Gasteiger charge is 2.13. The smallest absolute Gasteiger partial charge is 0.323 e. The van der Waals surface area contributed by atoms with Crippen LogP contribution >= 0.6 is 55.1 Å². The van der Waals surface area contributed by atoms with E-state index in [1.54, 1.807) is 42.5 Å². The number of nitrogens with zero attached hydrogens (tertiary/aromatic N) is 1. The molecule has 0 fully saturated rings. The fourth-order valence-electron chi connectivity index (χ4n) is 3.05. The maximum Gasteiger partial charge on any atom is 0.323 e. The van der Waals surface area contributed by atoms with E-state index in [-0.39, 0.29) is 38.5 Å². The number of phenols is 2. The maximum absolute atomic E-state index is 11.9. The second-order valence-corrected chi connectivity index (χ2v) is 10.2. The summed E-state index contributed by atoms with van der Waals surface area (Å²) in [4.78, 5) is 23.7. The minimum atomic E-state index is -0.512. The SMILES string of the molecule is N#Cc1cccc(NC(=O)Nc2ccccc2Br)c1O.O=C(Nc1ccccc1Br)Nc1ccc(Cl)c(Cl)c1O. The minimum Gasteiger partial charge on any atom is -0.504 e. The fraction of sp³-hybridized carbons (Fsp3) is 0. The predicted molar refractivity (Wildman–Crippen MR) is 165 cm³/mol. The number of amides is 4. The first-order valence-corrected chi connectivity index (χ1v) is 13.5. The van der Waals surface area contributed by atoms with E-state index in [1.165, 1.54) is 24.3 Å². The fourth-order valence-corrected chi connectivity index (χ4v) is 4.14. The number of urea groups is 2. The minimum absolute atomic E-state index is 0.00893. The lowest BCUT2D eigenvalue weighted by molar-refractivity contribution is 0.261. The van der Waals surface area contributed by atoms with Crippen LogP contribution in [0.1, 0.15) is 5.56 Å². The Kier molecular flexibility index (Phi) is 11.0. The van der Waals surface area contributed by atoms with Crippen LogP contribution in [-0.2, 0) is 0 Å². The molecule has 0 aliphatic heterocycles. The van der Waals surface area contributed by atoms with Crippen molar-refractivity contribution in [1.82, 2.24) is 0 Å². The Balaban J connectivity index is 0.000000220. The number of hydrogen-bond donors (Lipinski definition) is 6. The molecule has 0 spiro atoms. The van der Waals surface area contributed by atoms with Gasteiger partial charge in [0.2, 0.25) is 0 Å². The Morgan fingerprint density at radius 2 is 1.10 bits per heavy atom. The van der Waals surface area contributed by atoms with Crippen molar-refractivity contribution < 1.29 is 19.8 Å². The summed E-state index contributed by atoms with van der Waals surface area (Å²) < 4.78 is 1.48. The Labute approximate surface area is 256 Å². The van der Waals surface area contributed by atoms with Gasteiger partial charge in [0.05, 0.1) is 33.3 Å². The third-order valence-electron chi connectivity index (χ3n) is 4.97. The zero-order valence-electron chi connectivity index (χ0n) is 20.2. The van der Waals surface area contributed by atoms with Gasteiger partial charge >= 0.3 is 12.1 Å². The van der Waals surface area contributed by atoms with Gasteiger partial charge in [0.1, 0.15) is 11.1 Å². The lowest BCUT2D eigenvalue weighted by Gasteiger charge is -2.11. The highest BCUT2D eigenvalue weighted by Crippen LogP contribution is 2.37. The average molecular weight is 708 g/mol. The Bertz CT molecular complexity index is 1600. The average Bonchev–Trinajstić information content (AvgIpc) is 2.93. The summed E-state index contributed by atoms with van der Waals surface area (Å²) in [5.74, 6) is -0.529. The highest BCUT2D eigenvalue weighted by molar-refractivity contribution is 9.11. The van der Waals surface area contributed by atoms with Crippen molar-refractivity contribution in [2.24, 2.45) is 0 Å². The first-order chi connectivity index (χ1) is 19.1. The van der Waals surface area contributed by atoms with E-state index in [4.69, 9.17) is 28.5 Å². The van der Waals surface area contributed by atoms with Crippen LogP contribution in [0.15, 0.2) is 87.8 Å². The third-order valence-corrected chi connectivity index (χ3v) is 7.14. The third kappa shape index (κ3) is 8.27. The summed E-state index contributed by atoms with van der Waals surface area (Å²) >= 11 is 18.2. The van der Waals surface area contributed by atoms with Gasteiger partial charge in [-0.15, -0.1) is 0 Å². The Morgan fingerprint density at radius 1 is 0.650 bits per heavy atom. The molecular formula is C27H19Br2Cl2N5O4. The summed E-state index contributed by atoms with van der Waals surface area (Å²) in [5.41, 5.74) is 1.65. The van der Waals surface area contributed by atoms with E-state index in [1.807, 2.05) is 18.2 Å². The number of rotatable bonds is 4. The van der Waals surface area contributed by atoms with Crippen LogP contribution in [0, 0.1) is 11.3 Å². The molecule has 6 N–H and O–H groups in total. The van der Waals surface area contributed by atoms with Gasteiger partial charge in [0, 0.05) is 8.95 Å². The molecule has 4 aromatic rings. The van der Waals surface area contributed by atoms with E-state index in [9.17, 15) is 19.8 Å². The molecule has 0 heterocycles. The molecule has 4 rings (SSSR count). The lowest BCUT2D eigenvalue weighted by Crippen LogP contribution is -2.19. The number of anilines is 4. The van der Waals surface area contributed by atoms with Gasteiger partial charge in [-0.25, -0.2) is 9.59 Å². The second kappa shape index (κ2) is 14.4. The highest BCUT2D eigenvalue weighted by atomic mass is 79.9. The van der Waals surface area contributed by atoms with Crippen LogP contribution in [-0.4, -0.2) is 22.3 Å². The lowest BCUT2D eigenvalue weighted by atomic mass is 10.2. The zero-order valence-corrected chi connectivity index (χ0v) is 24.9. The normalized spacial score (nSPS) is 9.88. The molecule has 0 aliphatic rings. The van der Waals surface area contributed by atoms with Crippen LogP contribution in [0.3, 0.4) is 0 Å². The molecule has 0 aliphatic carbocycles. The van der Waals surface area contributed by atoms with Gasteiger partial charge in [-0.05, 0) is 80.4 Å². The van der Waals surface area contributed by atoms with E-state index >= 15 is 0 Å². The molecule has 0 saturated carbocycles. The van der Waals surface area contributed by atoms with Gasteiger partial charge in [-0.1, -0.05) is 53.5 Å². The molecule has 0 unspecified atom stereocenters. The molecular weight excluding hydrogens is 689 g/mol. The monoisotopic (exact) mass is 705 g/mol. The van der Waals surface area contributed by atoms with Gasteiger partial charge in [0.25, 0.3) is 0 Å². The van der Waals surface area contributed by atoms with Crippen molar-refractivity contribution in [3.05, 3.63) is 103 Å². The second-order valence-electron chi connectivity index (χ2n) is 7.69. The number of nitriles is 1. The number of carbonyl (C=O) groups excluding carboxylic acids is 2. The molecule has 40 heavy (non-hydrogen) atoms. The molecule has 0 radical (unpaired) electrons. The molecule has 0 aromatic heterocycles. The Morgan fingerprint density at radius 3 is 1.60 bits per heavy atom. The number of aromatic hydroxyl groups is 2. The van der Waals surface area contributed by atoms with E-state index in [0.717, 1.165) is 8.95 Å². The van der Waals surface area contributed by atoms with Crippen LogP contribution in [0.2, 0.25) is 10.0 Å². The number of hydrogen-bond acceptors (Lipinski definition) is 5. The quantitative estimate of drug-likeness (QED) is 0.117. The molecule has 13 heteroatoms. The topological polar surface area (TPSA) is 147 Å². The molecule has 0 atom stereocenters. The van der Waals surface area contributed by atoms with Crippen molar-refractivity contribution in [3.63, 3.8) is 0 Å². The number of nitrogens with one attached hydrogen (secondary N) is 4. The van der Waals surface area contributed by atoms with Crippen LogP contribution in [0.5, 0.6) is 11.5 Å². The molecule has 4 amide bonds. The van der Waals surface area contributed by atoms with Gasteiger partial charge < -0.3 is 31.5 Å². The summed E-state index contributed by atoms with van der Waals surface area (Å²) in [7, 11) is 0. The maximum atomic E-state index is 11.9. The summed E-state index contributed by atoms with van der Waals surface area (Å²) in [6.07, 6.45) is 0. The van der Waals surface area contributed by atoms with Crippen LogP contribution in [0.25, 0.3) is 0 Å². The molecule has 9 nitrogen and oxygen atoms in total. The van der Waals surface area contributed by atoms with Crippen molar-refractivity contribution in [2.45, 2.75) is 0 Å². The number of halogens is 4. The zero-order chi connectivity index (χ0) is 29.2. The van der Waals surface area contributed by atoms with Crippen molar-refractivity contribution in [1.29, 1.82) is 5.26 Å². The van der Waals surface area contributed by atoms with Crippen molar-refractivity contribution in [2.75, 3.05) is 21.3 Å². The summed E-state index contributed by atoms with van der Waals surface area (Å²) in [6, 6.07) is 22.6. The predicted octanol–water partition coefficient (Wildman–Crippen LogP) is 8.78. The Hall–Kier alpha value is -3.95. The van der Waals surface area contributed by atoms with E-state index < -0.39 is 12.1 Å². The van der Waals surface area contributed by atoms with Crippen molar-refractivity contribution in [3.8, 4) is 17.6 Å². The number of phenolic OH excluding ortho intramolecular Hbond substituents is 2. The van der Waals surface area contributed by atoms with Crippen LogP contribution in [0.4, 0.5) is 32.3 Å². The molecule has 0 bridgehead atoms. The first-order valence-electron chi connectivity index (χ1n) is 11.1. The summed E-state index contributed by atoms with van der Waals surface area (Å²) in [6.45, 7) is 0. The summed E-state index contributed by atoms with van der Waals surface area (Å²) in [5, 5.41) is 38.8. The number of carbonyl (C=O) groups is 2.